The Morgan fingerprint density at radius 2 is 2.07 bits per heavy atom. The molecule has 0 saturated carbocycles. The molecule has 1 aliphatic rings. The van der Waals surface area contributed by atoms with E-state index in [0.29, 0.717) is 29.4 Å². The molecule has 3 heterocycles. The Morgan fingerprint density at radius 1 is 1.23 bits per heavy atom. The van der Waals surface area contributed by atoms with Gasteiger partial charge in [0.2, 0.25) is 0 Å². The maximum atomic E-state index is 13.1. The number of pyridine rings is 1. The van der Waals surface area contributed by atoms with Crippen molar-refractivity contribution in [2.75, 3.05) is 19.1 Å². The fraction of sp³-hybridized carbons (Fsp3) is 0.182. The molecule has 0 N–H and O–H groups in total. The summed E-state index contributed by atoms with van der Waals surface area (Å²) in [6.45, 7) is 4.41. The number of nitriles is 1. The molecule has 4 rings (SSSR count). The highest BCUT2D eigenvalue weighted by molar-refractivity contribution is 6.12. The second-order valence-electron chi connectivity index (χ2n) is 6.68. The predicted molar refractivity (Wildman–Crippen MR) is 111 cm³/mol. The molecule has 1 aromatic carbocycles. The largest absolute Gasteiger partial charge is 0.491 e. The maximum absolute atomic E-state index is 13.1. The smallest absolute Gasteiger partial charge is 0.259 e. The van der Waals surface area contributed by atoms with Gasteiger partial charge in [0, 0.05) is 18.0 Å². The Hall–Kier alpha value is -4.12. The molecule has 0 aliphatic carbocycles. The van der Waals surface area contributed by atoms with Gasteiger partial charge in [0.1, 0.15) is 6.54 Å². The first-order valence-corrected chi connectivity index (χ1v) is 9.18. The van der Waals surface area contributed by atoms with E-state index in [1.54, 1.807) is 36.7 Å². The van der Waals surface area contributed by atoms with Crippen LogP contribution in [0.1, 0.15) is 21.5 Å². The van der Waals surface area contributed by atoms with Gasteiger partial charge in [-0.3, -0.25) is 9.48 Å². The van der Waals surface area contributed by atoms with Gasteiger partial charge in [-0.2, -0.15) is 10.4 Å². The van der Waals surface area contributed by atoms with E-state index in [1.807, 2.05) is 24.3 Å². The predicted octanol–water partition coefficient (Wildman–Crippen LogP) is 3.29. The zero-order chi connectivity index (χ0) is 21.3. The third kappa shape index (κ3) is 3.16. The molecule has 2 aromatic heterocycles. The molecule has 3 aromatic rings. The summed E-state index contributed by atoms with van der Waals surface area (Å²) in [5.74, 6) is 0.814. The van der Waals surface area contributed by atoms with E-state index >= 15 is 0 Å². The zero-order valence-corrected chi connectivity index (χ0v) is 16.6. The third-order valence-electron chi connectivity index (χ3n) is 4.99. The van der Waals surface area contributed by atoms with Crippen LogP contribution < -0.4 is 14.4 Å². The van der Waals surface area contributed by atoms with Crippen molar-refractivity contribution in [1.82, 2.24) is 14.8 Å². The van der Waals surface area contributed by atoms with Crippen LogP contribution in [-0.2, 0) is 13.1 Å². The van der Waals surface area contributed by atoms with E-state index in [0.717, 1.165) is 22.3 Å². The fourth-order valence-corrected chi connectivity index (χ4v) is 3.57. The zero-order valence-electron chi connectivity index (χ0n) is 16.6. The Balaban J connectivity index is 1.74. The summed E-state index contributed by atoms with van der Waals surface area (Å²) < 4.78 is 12.1. The minimum atomic E-state index is -0.117. The number of methoxy groups -OCH3 is 2. The van der Waals surface area contributed by atoms with Crippen LogP contribution in [0.4, 0.5) is 5.69 Å². The SMILES string of the molecule is C=Cc1cc(-c2cnc(OC)c(OC)c2)cc2c1C(=O)N(c1cnn(CC#N)c1)C2. The summed E-state index contributed by atoms with van der Waals surface area (Å²) in [6, 6.07) is 7.77. The summed E-state index contributed by atoms with van der Waals surface area (Å²) in [5.41, 5.74) is 4.63. The lowest BCUT2D eigenvalue weighted by molar-refractivity contribution is 0.0996. The van der Waals surface area contributed by atoms with Gasteiger partial charge >= 0.3 is 0 Å². The molecule has 0 spiro atoms. The van der Waals surface area contributed by atoms with Crippen molar-refractivity contribution < 1.29 is 14.3 Å². The molecular weight excluding hydrogens is 382 g/mol. The van der Waals surface area contributed by atoms with E-state index < -0.39 is 0 Å². The molecule has 1 aliphatic heterocycles. The number of carbonyl (C=O) groups is 1. The Labute approximate surface area is 173 Å². The van der Waals surface area contributed by atoms with Crippen LogP contribution in [0.2, 0.25) is 0 Å². The highest BCUT2D eigenvalue weighted by Crippen LogP contribution is 2.36. The van der Waals surface area contributed by atoms with Gasteiger partial charge < -0.3 is 14.4 Å². The summed E-state index contributed by atoms with van der Waals surface area (Å²) in [5, 5.41) is 13.0. The van der Waals surface area contributed by atoms with Crippen LogP contribution in [0, 0.1) is 11.3 Å². The number of hydrogen-bond acceptors (Lipinski definition) is 6. The first kappa shape index (κ1) is 19.2. The van der Waals surface area contributed by atoms with Crippen LogP contribution >= 0.6 is 0 Å². The molecule has 150 valence electrons. The van der Waals surface area contributed by atoms with Crippen molar-refractivity contribution in [3.05, 3.63) is 60.1 Å². The van der Waals surface area contributed by atoms with Crippen molar-refractivity contribution in [1.29, 1.82) is 5.26 Å². The molecule has 8 nitrogen and oxygen atoms in total. The van der Waals surface area contributed by atoms with Crippen molar-refractivity contribution in [3.8, 4) is 28.8 Å². The van der Waals surface area contributed by atoms with E-state index in [-0.39, 0.29) is 12.5 Å². The molecule has 0 unspecified atom stereocenters. The van der Waals surface area contributed by atoms with Gasteiger partial charge in [0.15, 0.2) is 5.75 Å². The highest BCUT2D eigenvalue weighted by Gasteiger charge is 2.32. The van der Waals surface area contributed by atoms with Crippen LogP contribution in [-0.4, -0.2) is 34.9 Å². The minimum Gasteiger partial charge on any atom is -0.491 e. The molecular formula is C22H19N5O3. The average Bonchev–Trinajstić information content (AvgIpc) is 3.37. The molecule has 0 radical (unpaired) electrons. The number of fused-ring (bicyclic) bond motifs is 1. The molecule has 1 amide bonds. The molecule has 0 atom stereocenters. The molecule has 0 fully saturated rings. The Bertz CT molecular complexity index is 1190. The number of hydrogen-bond donors (Lipinski definition) is 0. The number of nitrogens with zero attached hydrogens (tertiary/aromatic N) is 5. The standard InChI is InChI=1S/C22H19N5O3/c1-4-14-7-15(16-9-19(29-2)21(30-3)24-10-16)8-17-12-27(22(28)20(14)17)18-11-25-26(13-18)6-5-23/h4,7-11,13H,1,6,12H2,2-3H3. The first-order valence-electron chi connectivity index (χ1n) is 9.18. The van der Waals surface area contributed by atoms with Gasteiger partial charge in [-0.15, -0.1) is 0 Å². The fourth-order valence-electron chi connectivity index (χ4n) is 3.57. The average molecular weight is 401 g/mol. The number of benzene rings is 1. The van der Waals surface area contributed by atoms with Crippen LogP contribution in [0.15, 0.2) is 43.4 Å². The summed E-state index contributed by atoms with van der Waals surface area (Å²) in [6.07, 6.45) is 6.67. The van der Waals surface area contributed by atoms with Crippen LogP contribution in [0.3, 0.4) is 0 Å². The molecule has 0 saturated heterocycles. The van der Waals surface area contributed by atoms with Crippen LogP contribution in [0.25, 0.3) is 17.2 Å². The first-order chi connectivity index (χ1) is 14.6. The van der Waals surface area contributed by atoms with Gasteiger partial charge in [-0.05, 0) is 34.9 Å². The topological polar surface area (TPSA) is 93.3 Å². The van der Waals surface area contributed by atoms with E-state index in [4.69, 9.17) is 14.7 Å². The maximum Gasteiger partial charge on any atom is 0.259 e. The summed E-state index contributed by atoms with van der Waals surface area (Å²) in [4.78, 5) is 19.1. The van der Waals surface area contributed by atoms with Gasteiger partial charge in [0.05, 0.1) is 44.3 Å². The summed E-state index contributed by atoms with van der Waals surface area (Å²) in [7, 11) is 3.10. The number of carbonyl (C=O) groups excluding carboxylic acids is 1. The second kappa shape index (κ2) is 7.72. The molecule has 8 heteroatoms. The lowest BCUT2D eigenvalue weighted by Crippen LogP contribution is -2.22. The summed E-state index contributed by atoms with van der Waals surface area (Å²) >= 11 is 0. The van der Waals surface area contributed by atoms with E-state index in [2.05, 4.69) is 16.7 Å². The molecule has 30 heavy (non-hydrogen) atoms. The Kier molecular flexibility index (Phi) is 4.94. The minimum absolute atomic E-state index is 0.117. The van der Waals surface area contributed by atoms with Gasteiger partial charge in [-0.25, -0.2) is 4.98 Å². The van der Waals surface area contributed by atoms with Crippen molar-refractivity contribution in [2.24, 2.45) is 0 Å². The number of amides is 1. The lowest BCUT2D eigenvalue weighted by Gasteiger charge is -2.12. The van der Waals surface area contributed by atoms with Gasteiger partial charge in [0.25, 0.3) is 11.8 Å². The van der Waals surface area contributed by atoms with Crippen molar-refractivity contribution in [3.63, 3.8) is 0 Å². The highest BCUT2D eigenvalue weighted by atomic mass is 16.5. The molecule has 0 bridgehead atoms. The lowest BCUT2D eigenvalue weighted by atomic mass is 9.96. The number of rotatable bonds is 6. The van der Waals surface area contributed by atoms with E-state index in [1.165, 1.54) is 11.8 Å². The van der Waals surface area contributed by atoms with Crippen molar-refractivity contribution in [2.45, 2.75) is 13.1 Å². The normalized spacial score (nSPS) is 12.4. The monoisotopic (exact) mass is 401 g/mol. The number of anilines is 1. The number of ether oxygens (including phenoxy) is 2. The van der Waals surface area contributed by atoms with Crippen LogP contribution in [0.5, 0.6) is 11.6 Å². The van der Waals surface area contributed by atoms with Crippen molar-refractivity contribution >= 4 is 17.7 Å². The number of aromatic nitrogens is 3. The quantitative estimate of drug-likeness (QED) is 0.629. The third-order valence-corrected chi connectivity index (χ3v) is 4.99. The van der Waals surface area contributed by atoms with E-state index in [9.17, 15) is 4.79 Å². The second-order valence-corrected chi connectivity index (χ2v) is 6.68. The van der Waals surface area contributed by atoms with Gasteiger partial charge in [-0.1, -0.05) is 12.7 Å². The Morgan fingerprint density at radius 3 is 2.77 bits per heavy atom.